The number of aliphatic hydroxyl groups is 2. The van der Waals surface area contributed by atoms with Crippen LogP contribution < -0.4 is 10.1 Å². The SMILES string of the molecule is CCCCCCCC(=O)N(CCC(C)C)[C@@H]1C=C(C(=O)NCCO)[C@@H]2c3ccccc3O[C@@H]2[C@H]1O. The third kappa shape index (κ3) is 6.64. The Bertz CT molecular complexity index is 884. The van der Waals surface area contributed by atoms with Gasteiger partial charge in [-0.3, -0.25) is 9.59 Å². The maximum absolute atomic E-state index is 13.4. The highest BCUT2D eigenvalue weighted by atomic mass is 16.5. The molecule has 1 aliphatic carbocycles. The molecule has 0 bridgehead atoms. The monoisotopic (exact) mass is 486 g/mol. The Labute approximate surface area is 209 Å². The number of carbonyl (C=O) groups excluding carboxylic acids is 2. The number of ether oxygens (including phenoxy) is 1. The van der Waals surface area contributed by atoms with Crippen molar-refractivity contribution in [3.05, 3.63) is 41.5 Å². The van der Waals surface area contributed by atoms with Gasteiger partial charge in [0.05, 0.1) is 18.6 Å². The fraction of sp³-hybridized carbons (Fsp3) is 0.643. The molecule has 0 spiro atoms. The molecule has 35 heavy (non-hydrogen) atoms. The molecule has 1 aliphatic heterocycles. The molecule has 0 saturated heterocycles. The Morgan fingerprint density at radius 3 is 2.60 bits per heavy atom. The molecule has 7 nitrogen and oxygen atoms in total. The van der Waals surface area contributed by atoms with E-state index in [0.29, 0.717) is 30.2 Å². The van der Waals surface area contributed by atoms with Crippen LogP contribution in [0.5, 0.6) is 5.75 Å². The number of benzene rings is 1. The molecule has 4 atom stereocenters. The summed E-state index contributed by atoms with van der Waals surface area (Å²) in [4.78, 5) is 28.3. The van der Waals surface area contributed by atoms with E-state index in [1.807, 2.05) is 24.3 Å². The summed E-state index contributed by atoms with van der Waals surface area (Å²) in [6.45, 7) is 6.88. The minimum Gasteiger partial charge on any atom is -0.486 e. The van der Waals surface area contributed by atoms with Gasteiger partial charge in [-0.05, 0) is 30.9 Å². The van der Waals surface area contributed by atoms with Crippen LogP contribution in [-0.2, 0) is 9.59 Å². The number of para-hydroxylation sites is 1. The van der Waals surface area contributed by atoms with Crippen molar-refractivity contribution >= 4 is 11.8 Å². The van der Waals surface area contributed by atoms with Crippen molar-refractivity contribution in [2.24, 2.45) is 5.92 Å². The maximum atomic E-state index is 13.4. The van der Waals surface area contributed by atoms with Crippen LogP contribution in [0.1, 0.15) is 77.2 Å². The van der Waals surface area contributed by atoms with Crippen molar-refractivity contribution in [3.63, 3.8) is 0 Å². The first-order valence-electron chi connectivity index (χ1n) is 13.2. The number of hydrogen-bond acceptors (Lipinski definition) is 5. The third-order valence-electron chi connectivity index (χ3n) is 7.00. The lowest BCUT2D eigenvalue weighted by molar-refractivity contribution is -0.137. The summed E-state index contributed by atoms with van der Waals surface area (Å²) in [7, 11) is 0. The summed E-state index contributed by atoms with van der Waals surface area (Å²) >= 11 is 0. The lowest BCUT2D eigenvalue weighted by Crippen LogP contribution is -2.56. The average molecular weight is 487 g/mol. The number of aliphatic hydroxyl groups excluding tert-OH is 2. The predicted octanol–water partition coefficient (Wildman–Crippen LogP) is 3.54. The van der Waals surface area contributed by atoms with Gasteiger partial charge in [-0.2, -0.15) is 0 Å². The van der Waals surface area contributed by atoms with Crippen LogP contribution in [0.2, 0.25) is 0 Å². The first kappa shape index (κ1) is 27.2. The zero-order chi connectivity index (χ0) is 25.4. The van der Waals surface area contributed by atoms with Gasteiger partial charge in [-0.25, -0.2) is 0 Å². The molecule has 0 saturated carbocycles. The van der Waals surface area contributed by atoms with Gasteiger partial charge in [-0.15, -0.1) is 0 Å². The first-order chi connectivity index (χ1) is 16.9. The highest BCUT2D eigenvalue weighted by Gasteiger charge is 2.50. The van der Waals surface area contributed by atoms with Gasteiger partial charge in [0.1, 0.15) is 18.0 Å². The average Bonchev–Trinajstić information content (AvgIpc) is 3.23. The van der Waals surface area contributed by atoms with Crippen LogP contribution in [0.4, 0.5) is 0 Å². The molecule has 3 N–H and O–H groups in total. The zero-order valence-corrected chi connectivity index (χ0v) is 21.4. The fourth-order valence-corrected chi connectivity index (χ4v) is 5.05. The van der Waals surface area contributed by atoms with E-state index in [0.717, 1.165) is 37.7 Å². The molecule has 0 fully saturated rings. The second kappa shape index (κ2) is 13.1. The Morgan fingerprint density at radius 2 is 1.89 bits per heavy atom. The normalized spacial score (nSPS) is 22.7. The summed E-state index contributed by atoms with van der Waals surface area (Å²) in [6.07, 6.45) is 6.66. The van der Waals surface area contributed by atoms with Crippen LogP contribution in [-0.4, -0.2) is 64.9 Å². The third-order valence-corrected chi connectivity index (χ3v) is 7.00. The van der Waals surface area contributed by atoms with Crippen LogP contribution >= 0.6 is 0 Å². The molecule has 2 amide bonds. The van der Waals surface area contributed by atoms with Gasteiger partial charge in [0.2, 0.25) is 11.8 Å². The van der Waals surface area contributed by atoms with E-state index in [1.165, 1.54) is 6.42 Å². The quantitative estimate of drug-likeness (QED) is 0.371. The maximum Gasteiger partial charge on any atom is 0.247 e. The molecule has 2 aliphatic rings. The number of nitrogens with one attached hydrogen (secondary N) is 1. The van der Waals surface area contributed by atoms with Gasteiger partial charge in [0, 0.05) is 30.6 Å². The van der Waals surface area contributed by atoms with Gasteiger partial charge in [0.25, 0.3) is 0 Å². The van der Waals surface area contributed by atoms with Crippen molar-refractivity contribution in [1.82, 2.24) is 10.2 Å². The molecule has 1 aromatic carbocycles. The van der Waals surface area contributed by atoms with E-state index >= 15 is 0 Å². The van der Waals surface area contributed by atoms with E-state index < -0.39 is 24.2 Å². The Kier molecular flexibility index (Phi) is 10.2. The van der Waals surface area contributed by atoms with Crippen molar-refractivity contribution < 1.29 is 24.5 Å². The van der Waals surface area contributed by atoms with Crippen LogP contribution in [0.3, 0.4) is 0 Å². The molecule has 1 aromatic rings. The lowest BCUT2D eigenvalue weighted by Gasteiger charge is -2.41. The number of fused-ring (bicyclic) bond motifs is 3. The van der Waals surface area contributed by atoms with Crippen molar-refractivity contribution in [3.8, 4) is 5.75 Å². The number of rotatable bonds is 13. The molecule has 194 valence electrons. The zero-order valence-electron chi connectivity index (χ0n) is 21.4. The van der Waals surface area contributed by atoms with Crippen LogP contribution in [0.15, 0.2) is 35.9 Å². The summed E-state index contributed by atoms with van der Waals surface area (Å²) in [5.74, 6) is 0.325. The molecule has 3 rings (SSSR count). The Hall–Kier alpha value is -2.38. The van der Waals surface area contributed by atoms with Crippen LogP contribution in [0, 0.1) is 5.92 Å². The number of hydrogen-bond donors (Lipinski definition) is 3. The number of unbranched alkanes of at least 4 members (excludes halogenated alkanes) is 4. The summed E-state index contributed by atoms with van der Waals surface area (Å²) in [6, 6.07) is 6.87. The van der Waals surface area contributed by atoms with E-state index in [2.05, 4.69) is 26.1 Å². The fourth-order valence-electron chi connectivity index (χ4n) is 5.05. The molecule has 0 unspecified atom stereocenters. The van der Waals surface area contributed by atoms with Crippen molar-refractivity contribution in [2.75, 3.05) is 19.7 Å². The van der Waals surface area contributed by atoms with E-state index in [4.69, 9.17) is 4.74 Å². The topological polar surface area (TPSA) is 99.1 Å². The van der Waals surface area contributed by atoms with E-state index in [9.17, 15) is 19.8 Å². The van der Waals surface area contributed by atoms with Gasteiger partial charge in [0.15, 0.2) is 0 Å². The highest BCUT2D eigenvalue weighted by molar-refractivity contribution is 5.96. The Morgan fingerprint density at radius 1 is 1.14 bits per heavy atom. The second-order valence-electron chi connectivity index (χ2n) is 10.1. The summed E-state index contributed by atoms with van der Waals surface area (Å²) in [5.41, 5.74) is 1.34. The molecule has 1 heterocycles. The standard InChI is InChI=1S/C28H42N2O5/c1-4-5-6-7-8-13-24(32)30(16-14-19(2)3)22-18-21(28(34)29-15-17-31)25-20-11-9-10-12-23(20)35-27(25)26(22)33/h9-12,18-19,22,25-27,31,33H,4-8,13-17H2,1-3H3,(H,29,34)/t22-,25+,26+,27+/m1/s1. The minimum atomic E-state index is -0.960. The first-order valence-corrected chi connectivity index (χ1v) is 13.2. The molecule has 0 aromatic heterocycles. The number of nitrogens with zero attached hydrogens (tertiary/aromatic N) is 1. The predicted molar refractivity (Wildman–Crippen MR) is 136 cm³/mol. The lowest BCUT2D eigenvalue weighted by atomic mass is 9.77. The van der Waals surface area contributed by atoms with E-state index in [-0.39, 0.29) is 25.0 Å². The van der Waals surface area contributed by atoms with Gasteiger partial charge in [-0.1, -0.05) is 64.7 Å². The van der Waals surface area contributed by atoms with Crippen molar-refractivity contribution in [1.29, 1.82) is 0 Å². The molecule has 0 radical (unpaired) electrons. The molecular weight excluding hydrogens is 444 g/mol. The van der Waals surface area contributed by atoms with Crippen molar-refractivity contribution in [2.45, 2.75) is 89.9 Å². The number of amides is 2. The summed E-state index contributed by atoms with van der Waals surface area (Å²) in [5, 5.41) is 23.5. The number of carbonyl (C=O) groups is 2. The largest absolute Gasteiger partial charge is 0.486 e. The Balaban J connectivity index is 1.90. The molecule has 7 heteroatoms. The van der Waals surface area contributed by atoms with E-state index in [1.54, 1.807) is 11.0 Å². The van der Waals surface area contributed by atoms with Gasteiger partial charge < -0.3 is 25.2 Å². The minimum absolute atomic E-state index is 0.00604. The smallest absolute Gasteiger partial charge is 0.247 e. The highest BCUT2D eigenvalue weighted by Crippen LogP contribution is 2.47. The van der Waals surface area contributed by atoms with Gasteiger partial charge >= 0.3 is 0 Å². The van der Waals surface area contributed by atoms with Crippen LogP contribution in [0.25, 0.3) is 0 Å². The molecular formula is C28H42N2O5. The second-order valence-corrected chi connectivity index (χ2v) is 10.1. The summed E-state index contributed by atoms with van der Waals surface area (Å²) < 4.78 is 6.16.